The third-order valence-electron chi connectivity index (χ3n) is 2.68. The van der Waals surface area contributed by atoms with Crippen LogP contribution in [0.5, 0.6) is 0 Å². The Labute approximate surface area is 123 Å². The van der Waals surface area contributed by atoms with Gasteiger partial charge >= 0.3 is 5.97 Å². The highest BCUT2D eigenvalue weighted by Gasteiger charge is 2.09. The topological polar surface area (TPSA) is 73.2 Å². The lowest BCUT2D eigenvalue weighted by atomic mass is 10.2. The van der Waals surface area contributed by atoms with Crippen molar-refractivity contribution in [3.63, 3.8) is 0 Å². The molecule has 0 aliphatic carbocycles. The highest BCUT2D eigenvalue weighted by molar-refractivity contribution is 9.10. The van der Waals surface area contributed by atoms with Crippen LogP contribution in [0.1, 0.15) is 12.7 Å². The van der Waals surface area contributed by atoms with Crippen LogP contribution >= 0.6 is 15.9 Å². The van der Waals surface area contributed by atoms with Gasteiger partial charge in [-0.3, -0.25) is 9.59 Å². The van der Waals surface area contributed by atoms with E-state index in [0.29, 0.717) is 23.3 Å². The summed E-state index contributed by atoms with van der Waals surface area (Å²) >= 11 is 3.32. The summed E-state index contributed by atoms with van der Waals surface area (Å²) in [5, 5.41) is 0.473. The summed E-state index contributed by atoms with van der Waals surface area (Å²) in [7, 11) is 0. The molecular weight excluding hydrogens is 326 g/mol. The number of nitrogens with one attached hydrogen (secondary N) is 1. The van der Waals surface area contributed by atoms with E-state index in [0.717, 1.165) is 4.47 Å². The highest BCUT2D eigenvalue weighted by atomic mass is 79.9. The molecule has 2 aromatic rings. The summed E-state index contributed by atoms with van der Waals surface area (Å²) in [6.07, 6.45) is 0. The smallest absolute Gasteiger partial charge is 0.326 e. The SMILES string of the molecule is CCOC(=O)CNn1c(C)nc2ccc(Br)cc2c1=O. The number of rotatable bonds is 4. The molecule has 0 aliphatic rings. The van der Waals surface area contributed by atoms with Crippen molar-refractivity contribution in [3.8, 4) is 0 Å². The average Bonchev–Trinajstić information content (AvgIpc) is 2.40. The maximum Gasteiger partial charge on any atom is 0.326 e. The molecule has 0 fully saturated rings. The first-order valence-corrected chi connectivity index (χ1v) is 6.90. The van der Waals surface area contributed by atoms with E-state index in [2.05, 4.69) is 26.3 Å². The molecule has 0 bridgehead atoms. The summed E-state index contributed by atoms with van der Waals surface area (Å²) in [6, 6.07) is 5.29. The van der Waals surface area contributed by atoms with Crippen molar-refractivity contribution in [2.45, 2.75) is 13.8 Å². The largest absolute Gasteiger partial charge is 0.465 e. The number of aromatic nitrogens is 2. The maximum absolute atomic E-state index is 12.4. The van der Waals surface area contributed by atoms with E-state index < -0.39 is 5.97 Å². The number of aryl methyl sites for hydroxylation is 1. The molecule has 0 saturated carbocycles. The van der Waals surface area contributed by atoms with Crippen LogP contribution in [0, 0.1) is 6.92 Å². The minimum Gasteiger partial charge on any atom is -0.465 e. The van der Waals surface area contributed by atoms with Gasteiger partial charge in [0, 0.05) is 4.47 Å². The van der Waals surface area contributed by atoms with E-state index in [1.165, 1.54) is 4.68 Å². The Morgan fingerprint density at radius 1 is 1.50 bits per heavy atom. The van der Waals surface area contributed by atoms with Gasteiger partial charge in [0.1, 0.15) is 12.4 Å². The molecule has 2 rings (SSSR count). The van der Waals surface area contributed by atoms with Gasteiger partial charge in [0.15, 0.2) is 0 Å². The lowest BCUT2D eigenvalue weighted by Gasteiger charge is -2.12. The Kier molecular flexibility index (Phi) is 4.39. The standard InChI is InChI=1S/C13H14BrN3O3/c1-3-20-12(18)7-15-17-8(2)16-11-5-4-9(14)6-10(11)13(17)19/h4-6,15H,3,7H2,1-2H3. The van der Waals surface area contributed by atoms with Crippen LogP contribution in [-0.4, -0.2) is 28.8 Å². The number of carbonyl (C=O) groups is 1. The van der Waals surface area contributed by atoms with Gasteiger partial charge in [-0.25, -0.2) is 9.66 Å². The van der Waals surface area contributed by atoms with Crippen molar-refractivity contribution >= 4 is 32.8 Å². The lowest BCUT2D eigenvalue weighted by Crippen LogP contribution is -2.35. The molecule has 6 nitrogen and oxygen atoms in total. The number of nitrogens with zero attached hydrogens (tertiary/aromatic N) is 2. The van der Waals surface area contributed by atoms with Crippen molar-refractivity contribution in [2.75, 3.05) is 18.6 Å². The van der Waals surface area contributed by atoms with Crippen LogP contribution in [0.3, 0.4) is 0 Å². The first-order chi connectivity index (χ1) is 9.52. The zero-order valence-electron chi connectivity index (χ0n) is 11.1. The van der Waals surface area contributed by atoms with Gasteiger partial charge in [-0.05, 0) is 32.0 Å². The third-order valence-corrected chi connectivity index (χ3v) is 3.18. The first-order valence-electron chi connectivity index (χ1n) is 6.11. The van der Waals surface area contributed by atoms with Crippen molar-refractivity contribution < 1.29 is 9.53 Å². The van der Waals surface area contributed by atoms with E-state index in [4.69, 9.17) is 4.74 Å². The second-order valence-corrected chi connectivity index (χ2v) is 5.02. The van der Waals surface area contributed by atoms with Gasteiger partial charge in [-0.15, -0.1) is 0 Å². The molecule has 0 amide bonds. The summed E-state index contributed by atoms with van der Waals surface area (Å²) < 4.78 is 6.86. The number of fused-ring (bicyclic) bond motifs is 1. The maximum atomic E-state index is 12.4. The molecule has 1 N–H and O–H groups in total. The van der Waals surface area contributed by atoms with E-state index in [9.17, 15) is 9.59 Å². The minimum absolute atomic E-state index is 0.0875. The van der Waals surface area contributed by atoms with Crippen molar-refractivity contribution in [1.82, 2.24) is 9.66 Å². The predicted molar refractivity (Wildman–Crippen MR) is 79.3 cm³/mol. The Balaban J connectivity index is 2.38. The van der Waals surface area contributed by atoms with E-state index in [-0.39, 0.29) is 12.1 Å². The lowest BCUT2D eigenvalue weighted by molar-refractivity contribution is -0.141. The van der Waals surface area contributed by atoms with Gasteiger partial charge < -0.3 is 10.2 Å². The average molecular weight is 340 g/mol. The van der Waals surface area contributed by atoms with Crippen molar-refractivity contribution in [2.24, 2.45) is 0 Å². The molecule has 0 radical (unpaired) electrons. The molecule has 0 saturated heterocycles. The predicted octanol–water partition coefficient (Wildman–Crippen LogP) is 1.57. The monoisotopic (exact) mass is 339 g/mol. The Morgan fingerprint density at radius 3 is 2.95 bits per heavy atom. The van der Waals surface area contributed by atoms with Crippen molar-refractivity contribution in [3.05, 3.63) is 38.9 Å². The van der Waals surface area contributed by atoms with Gasteiger partial charge in [-0.1, -0.05) is 15.9 Å². The van der Waals surface area contributed by atoms with Crippen LogP contribution in [0.15, 0.2) is 27.5 Å². The second-order valence-electron chi connectivity index (χ2n) is 4.10. The molecule has 20 heavy (non-hydrogen) atoms. The fraction of sp³-hybridized carbons (Fsp3) is 0.308. The molecule has 7 heteroatoms. The van der Waals surface area contributed by atoms with Gasteiger partial charge in [0.2, 0.25) is 0 Å². The third kappa shape index (κ3) is 2.98. The number of hydrogen-bond donors (Lipinski definition) is 1. The van der Waals surface area contributed by atoms with Crippen LogP contribution in [0.25, 0.3) is 10.9 Å². The molecule has 0 unspecified atom stereocenters. The molecule has 106 valence electrons. The fourth-order valence-electron chi connectivity index (χ4n) is 1.81. The molecular formula is C13H14BrN3O3. The van der Waals surface area contributed by atoms with Crippen LogP contribution in [0.2, 0.25) is 0 Å². The highest BCUT2D eigenvalue weighted by Crippen LogP contribution is 2.15. The molecule has 1 heterocycles. The zero-order valence-corrected chi connectivity index (χ0v) is 12.7. The molecule has 1 aromatic heterocycles. The van der Waals surface area contributed by atoms with Gasteiger partial charge in [0.25, 0.3) is 5.56 Å². The van der Waals surface area contributed by atoms with E-state index >= 15 is 0 Å². The number of ether oxygens (including phenoxy) is 1. The minimum atomic E-state index is -0.423. The van der Waals surface area contributed by atoms with Crippen LogP contribution in [0.4, 0.5) is 0 Å². The van der Waals surface area contributed by atoms with Crippen LogP contribution < -0.4 is 11.0 Å². The summed E-state index contributed by atoms with van der Waals surface area (Å²) in [5.74, 6) is 0.0576. The van der Waals surface area contributed by atoms with Crippen LogP contribution in [-0.2, 0) is 9.53 Å². The van der Waals surface area contributed by atoms with E-state index in [1.807, 2.05) is 6.07 Å². The quantitative estimate of drug-likeness (QED) is 0.856. The summed E-state index contributed by atoms with van der Waals surface area (Å²) in [5.41, 5.74) is 3.09. The van der Waals surface area contributed by atoms with E-state index in [1.54, 1.807) is 26.0 Å². The first kappa shape index (κ1) is 14.5. The number of carbonyl (C=O) groups excluding carboxylic acids is 1. The Morgan fingerprint density at radius 2 is 2.25 bits per heavy atom. The Bertz CT molecular complexity index is 712. The van der Waals surface area contributed by atoms with Gasteiger partial charge in [-0.2, -0.15) is 0 Å². The molecule has 0 spiro atoms. The number of halogens is 1. The van der Waals surface area contributed by atoms with Gasteiger partial charge in [0.05, 0.1) is 17.5 Å². The molecule has 0 aliphatic heterocycles. The zero-order chi connectivity index (χ0) is 14.7. The molecule has 0 atom stereocenters. The number of hydrogen-bond acceptors (Lipinski definition) is 5. The Hall–Kier alpha value is -1.89. The number of esters is 1. The normalized spacial score (nSPS) is 10.6. The summed E-state index contributed by atoms with van der Waals surface area (Å²) in [6.45, 7) is 3.64. The number of benzene rings is 1. The van der Waals surface area contributed by atoms with Crippen molar-refractivity contribution in [1.29, 1.82) is 0 Å². The molecule has 1 aromatic carbocycles. The summed E-state index contributed by atoms with van der Waals surface area (Å²) in [4.78, 5) is 28.0. The second kappa shape index (κ2) is 6.04. The fourth-order valence-corrected chi connectivity index (χ4v) is 2.17.